The highest BCUT2D eigenvalue weighted by atomic mass is 35.5. The Hall–Kier alpha value is -1.02. The molecule has 0 saturated heterocycles. The van der Waals surface area contributed by atoms with Crippen LogP contribution in [0.1, 0.15) is 13.8 Å². The van der Waals surface area contributed by atoms with Gasteiger partial charge in [-0.2, -0.15) is 0 Å². The van der Waals surface area contributed by atoms with Crippen LogP contribution in [0.2, 0.25) is 5.02 Å². The molecule has 3 heteroatoms. The molecule has 0 aliphatic rings. The predicted molar refractivity (Wildman–Crippen MR) is 63.6 cm³/mol. The van der Waals surface area contributed by atoms with Crippen LogP contribution in [0.3, 0.4) is 0 Å². The molecule has 0 aliphatic heterocycles. The molecule has 0 aromatic heterocycles. The molecule has 14 heavy (non-hydrogen) atoms. The van der Waals surface area contributed by atoms with Gasteiger partial charge in [-0.3, -0.25) is 4.99 Å². The standard InChI is InChI=1S/C11H15ClN2/c1-11(2,8-13-3)14-10-6-4-9(12)5-7-10/h4-8,14H,1-3H3/b13-8-. The van der Waals surface area contributed by atoms with Gasteiger partial charge in [-0.05, 0) is 38.1 Å². The van der Waals surface area contributed by atoms with Crippen LogP contribution < -0.4 is 5.32 Å². The molecule has 0 spiro atoms. The van der Waals surface area contributed by atoms with E-state index in [9.17, 15) is 0 Å². The molecule has 0 heterocycles. The van der Waals surface area contributed by atoms with Gasteiger partial charge in [0.2, 0.25) is 0 Å². The van der Waals surface area contributed by atoms with Gasteiger partial charge in [0, 0.05) is 24.0 Å². The summed E-state index contributed by atoms with van der Waals surface area (Å²) in [6, 6.07) is 7.63. The van der Waals surface area contributed by atoms with Crippen LogP contribution in [0.25, 0.3) is 0 Å². The van der Waals surface area contributed by atoms with Crippen molar-refractivity contribution in [2.24, 2.45) is 4.99 Å². The maximum Gasteiger partial charge on any atom is 0.0666 e. The monoisotopic (exact) mass is 210 g/mol. The van der Waals surface area contributed by atoms with Gasteiger partial charge >= 0.3 is 0 Å². The Balaban J connectivity index is 2.73. The van der Waals surface area contributed by atoms with E-state index in [4.69, 9.17) is 11.6 Å². The first-order valence-electron chi connectivity index (χ1n) is 4.50. The molecule has 1 rings (SSSR count). The zero-order chi connectivity index (χ0) is 10.6. The lowest BCUT2D eigenvalue weighted by Crippen LogP contribution is -2.32. The molecule has 76 valence electrons. The van der Waals surface area contributed by atoms with Gasteiger partial charge in [-0.1, -0.05) is 11.6 Å². The highest BCUT2D eigenvalue weighted by Crippen LogP contribution is 2.16. The summed E-state index contributed by atoms with van der Waals surface area (Å²) in [5.74, 6) is 0. The molecule has 0 atom stereocenters. The summed E-state index contributed by atoms with van der Waals surface area (Å²) in [5, 5.41) is 4.09. The summed E-state index contributed by atoms with van der Waals surface area (Å²) >= 11 is 5.79. The second kappa shape index (κ2) is 4.47. The van der Waals surface area contributed by atoms with E-state index in [1.54, 1.807) is 7.05 Å². The maximum atomic E-state index is 5.79. The molecule has 0 radical (unpaired) electrons. The molecule has 0 aliphatic carbocycles. The Kier molecular flexibility index (Phi) is 3.53. The Labute approximate surface area is 90.0 Å². The SMILES string of the molecule is C/N=C\C(C)(C)Nc1ccc(Cl)cc1. The van der Waals surface area contributed by atoms with Crippen molar-refractivity contribution in [1.82, 2.24) is 0 Å². The second-order valence-corrected chi connectivity index (χ2v) is 4.18. The Morgan fingerprint density at radius 2 is 1.86 bits per heavy atom. The first-order valence-corrected chi connectivity index (χ1v) is 4.88. The highest BCUT2D eigenvalue weighted by Gasteiger charge is 2.13. The van der Waals surface area contributed by atoms with E-state index in [1.807, 2.05) is 30.5 Å². The van der Waals surface area contributed by atoms with Crippen molar-refractivity contribution < 1.29 is 0 Å². The fraction of sp³-hybridized carbons (Fsp3) is 0.364. The third-order valence-electron chi connectivity index (χ3n) is 1.76. The van der Waals surface area contributed by atoms with Gasteiger partial charge in [0.25, 0.3) is 0 Å². The maximum absolute atomic E-state index is 5.79. The number of aliphatic imine (C=N–C) groups is 1. The molecule has 0 saturated carbocycles. The van der Waals surface area contributed by atoms with Crippen LogP contribution in [0.15, 0.2) is 29.3 Å². The molecule has 1 aromatic carbocycles. The van der Waals surface area contributed by atoms with Gasteiger partial charge in [-0.15, -0.1) is 0 Å². The smallest absolute Gasteiger partial charge is 0.0666 e. The topological polar surface area (TPSA) is 24.4 Å². The molecule has 0 amide bonds. The first kappa shape index (κ1) is 11.1. The number of hydrogen-bond acceptors (Lipinski definition) is 2. The summed E-state index contributed by atoms with van der Waals surface area (Å²) in [4.78, 5) is 4.01. The van der Waals surface area contributed by atoms with Crippen LogP contribution in [-0.4, -0.2) is 18.8 Å². The van der Waals surface area contributed by atoms with E-state index in [0.717, 1.165) is 10.7 Å². The van der Waals surface area contributed by atoms with Crippen LogP contribution in [-0.2, 0) is 0 Å². The molecular formula is C11H15ClN2. The Morgan fingerprint density at radius 3 is 2.36 bits per heavy atom. The summed E-state index contributed by atoms with van der Waals surface area (Å²) in [5.41, 5.74) is 0.905. The average Bonchev–Trinajstić information content (AvgIpc) is 2.08. The molecule has 2 nitrogen and oxygen atoms in total. The van der Waals surface area contributed by atoms with Crippen LogP contribution in [0.5, 0.6) is 0 Å². The highest BCUT2D eigenvalue weighted by molar-refractivity contribution is 6.30. The average molecular weight is 211 g/mol. The summed E-state index contributed by atoms with van der Waals surface area (Å²) < 4.78 is 0. The normalized spacial score (nSPS) is 12.0. The first-order chi connectivity index (χ1) is 6.53. The van der Waals surface area contributed by atoms with Crippen LogP contribution >= 0.6 is 11.6 Å². The third-order valence-corrected chi connectivity index (χ3v) is 2.01. The van der Waals surface area contributed by atoms with Gasteiger partial charge < -0.3 is 5.32 Å². The van der Waals surface area contributed by atoms with Gasteiger partial charge in [0.05, 0.1) is 5.54 Å². The number of halogens is 1. The molecule has 0 unspecified atom stereocenters. The minimum absolute atomic E-state index is 0.136. The zero-order valence-corrected chi connectivity index (χ0v) is 9.47. The minimum Gasteiger partial charge on any atom is -0.375 e. The summed E-state index contributed by atoms with van der Waals surface area (Å²) in [7, 11) is 1.77. The fourth-order valence-electron chi connectivity index (χ4n) is 1.26. The lowest BCUT2D eigenvalue weighted by molar-refractivity contribution is 0.774. The largest absolute Gasteiger partial charge is 0.375 e. The van der Waals surface area contributed by atoms with Crippen molar-refractivity contribution in [3.8, 4) is 0 Å². The van der Waals surface area contributed by atoms with Crippen molar-refractivity contribution in [3.05, 3.63) is 29.3 Å². The third kappa shape index (κ3) is 3.38. The van der Waals surface area contributed by atoms with Gasteiger partial charge in [0.1, 0.15) is 0 Å². The molecule has 1 N–H and O–H groups in total. The fourth-order valence-corrected chi connectivity index (χ4v) is 1.39. The lowest BCUT2D eigenvalue weighted by Gasteiger charge is -2.22. The lowest BCUT2D eigenvalue weighted by atomic mass is 10.1. The number of rotatable bonds is 3. The molecule has 1 aromatic rings. The minimum atomic E-state index is -0.136. The second-order valence-electron chi connectivity index (χ2n) is 3.74. The van der Waals surface area contributed by atoms with E-state index in [1.165, 1.54) is 0 Å². The molecule has 0 bridgehead atoms. The van der Waals surface area contributed by atoms with E-state index in [-0.39, 0.29) is 5.54 Å². The quantitative estimate of drug-likeness (QED) is 0.762. The van der Waals surface area contributed by atoms with Crippen molar-refractivity contribution in [2.45, 2.75) is 19.4 Å². The predicted octanol–water partition coefficient (Wildman–Crippen LogP) is 3.23. The Morgan fingerprint density at radius 1 is 1.29 bits per heavy atom. The van der Waals surface area contributed by atoms with E-state index in [0.29, 0.717) is 0 Å². The summed E-state index contributed by atoms with van der Waals surface area (Å²) in [6.07, 6.45) is 1.88. The Bertz CT molecular complexity index is 315. The molecule has 0 fully saturated rings. The van der Waals surface area contributed by atoms with Gasteiger partial charge in [-0.25, -0.2) is 0 Å². The van der Waals surface area contributed by atoms with Crippen molar-refractivity contribution >= 4 is 23.5 Å². The van der Waals surface area contributed by atoms with Crippen molar-refractivity contribution in [1.29, 1.82) is 0 Å². The number of nitrogens with one attached hydrogen (secondary N) is 1. The molecular weight excluding hydrogens is 196 g/mol. The number of nitrogens with zero attached hydrogens (tertiary/aromatic N) is 1. The van der Waals surface area contributed by atoms with Crippen molar-refractivity contribution in [3.63, 3.8) is 0 Å². The van der Waals surface area contributed by atoms with Crippen LogP contribution in [0.4, 0.5) is 5.69 Å². The number of benzene rings is 1. The van der Waals surface area contributed by atoms with Crippen molar-refractivity contribution in [2.75, 3.05) is 12.4 Å². The zero-order valence-electron chi connectivity index (χ0n) is 8.71. The van der Waals surface area contributed by atoms with E-state index < -0.39 is 0 Å². The van der Waals surface area contributed by atoms with E-state index in [2.05, 4.69) is 24.2 Å². The number of hydrogen-bond donors (Lipinski definition) is 1. The summed E-state index contributed by atoms with van der Waals surface area (Å²) in [6.45, 7) is 4.13. The van der Waals surface area contributed by atoms with E-state index >= 15 is 0 Å². The number of anilines is 1. The van der Waals surface area contributed by atoms with Gasteiger partial charge in [0.15, 0.2) is 0 Å². The van der Waals surface area contributed by atoms with Crippen LogP contribution in [0, 0.1) is 0 Å².